The second-order valence-corrected chi connectivity index (χ2v) is 11.6. The quantitative estimate of drug-likeness (QED) is 0.153. The molecule has 0 bridgehead atoms. The van der Waals surface area contributed by atoms with E-state index in [0.29, 0.717) is 34.8 Å². The lowest BCUT2D eigenvalue weighted by Crippen LogP contribution is -2.16. The Labute approximate surface area is 243 Å². The molecule has 10 heteroatoms. The Hall–Kier alpha value is -3.63. The molecule has 0 aliphatic carbocycles. The highest BCUT2D eigenvalue weighted by Crippen LogP contribution is 2.38. The summed E-state index contributed by atoms with van der Waals surface area (Å²) in [5, 5.41) is 14.6. The van der Waals surface area contributed by atoms with Crippen LogP contribution in [0.5, 0.6) is 5.75 Å². The minimum absolute atomic E-state index is 0.109. The van der Waals surface area contributed by atoms with Gasteiger partial charge in [0, 0.05) is 23.1 Å². The average molecular weight is 579 g/mol. The zero-order valence-electron chi connectivity index (χ0n) is 23.6. The van der Waals surface area contributed by atoms with Gasteiger partial charge in [0.15, 0.2) is 11.0 Å². The summed E-state index contributed by atoms with van der Waals surface area (Å²) in [4.78, 5) is 25.7. The maximum Gasteiger partial charge on any atom is 0.341 e. The molecule has 40 heavy (non-hydrogen) atoms. The van der Waals surface area contributed by atoms with E-state index in [1.807, 2.05) is 73.2 Å². The molecule has 8 nitrogen and oxygen atoms in total. The van der Waals surface area contributed by atoms with Gasteiger partial charge in [0.2, 0.25) is 5.91 Å². The van der Waals surface area contributed by atoms with Gasteiger partial charge in [-0.05, 0) is 62.1 Å². The molecule has 4 aromatic rings. The molecule has 2 aromatic heterocycles. The number of benzene rings is 2. The first-order valence-corrected chi connectivity index (χ1v) is 14.9. The van der Waals surface area contributed by atoms with Crippen LogP contribution in [-0.4, -0.2) is 46.1 Å². The first-order chi connectivity index (χ1) is 19.2. The molecule has 0 spiro atoms. The number of aromatic nitrogens is 3. The summed E-state index contributed by atoms with van der Waals surface area (Å²) < 4.78 is 12.8. The first-order valence-electron chi connectivity index (χ1n) is 13.1. The Morgan fingerprint density at radius 2 is 1.82 bits per heavy atom. The fourth-order valence-corrected chi connectivity index (χ4v) is 5.90. The fourth-order valence-electron chi connectivity index (χ4n) is 4.13. The van der Waals surface area contributed by atoms with E-state index in [1.54, 1.807) is 0 Å². The van der Waals surface area contributed by atoms with Crippen molar-refractivity contribution in [2.24, 2.45) is 5.92 Å². The number of nitrogens with zero attached hydrogens (tertiary/aromatic N) is 3. The fraction of sp³-hybridized carbons (Fsp3) is 0.333. The van der Waals surface area contributed by atoms with Crippen molar-refractivity contribution in [3.8, 4) is 28.3 Å². The topological polar surface area (TPSA) is 95.3 Å². The van der Waals surface area contributed by atoms with Crippen molar-refractivity contribution in [2.45, 2.75) is 46.3 Å². The highest BCUT2D eigenvalue weighted by Gasteiger charge is 2.24. The summed E-state index contributed by atoms with van der Waals surface area (Å²) in [6, 6.07) is 13.9. The molecule has 0 saturated heterocycles. The Balaban J connectivity index is 1.48. The lowest BCUT2D eigenvalue weighted by atomic mass is 9.97. The Morgan fingerprint density at radius 3 is 2.50 bits per heavy atom. The number of aryl methyl sites for hydroxylation is 2. The molecule has 0 radical (unpaired) electrons. The summed E-state index contributed by atoms with van der Waals surface area (Å²) in [6.07, 6.45) is 0. The summed E-state index contributed by atoms with van der Waals surface area (Å²) in [5.41, 5.74) is 5.09. The largest absolute Gasteiger partial charge is 0.493 e. The van der Waals surface area contributed by atoms with Gasteiger partial charge in [-0.2, -0.15) is 0 Å². The number of amides is 1. The number of thiophene rings is 1. The second-order valence-electron chi connectivity index (χ2n) is 9.78. The van der Waals surface area contributed by atoms with Crippen molar-refractivity contribution in [1.82, 2.24) is 14.8 Å². The minimum atomic E-state index is -0.490. The molecule has 2 aromatic carbocycles. The van der Waals surface area contributed by atoms with Gasteiger partial charge in [-0.3, -0.25) is 4.79 Å². The molecule has 0 aliphatic rings. The standard InChI is InChI=1S/C30H34N4O4S2/c1-7-34-27(21-10-12-22(13-11-21)38-15-18(2)3)32-33-30(34)40-17-25(35)31-28-26(29(36)37-6)24(16-39-28)23-14-19(4)8-9-20(23)5/h8-14,16,18H,7,15,17H2,1-6H3,(H,31,35). The summed E-state index contributed by atoms with van der Waals surface area (Å²) >= 11 is 2.61. The molecule has 210 valence electrons. The number of ether oxygens (including phenoxy) is 2. The van der Waals surface area contributed by atoms with Crippen LogP contribution in [0.25, 0.3) is 22.5 Å². The maximum absolute atomic E-state index is 13.0. The van der Waals surface area contributed by atoms with Gasteiger partial charge in [0.25, 0.3) is 0 Å². The number of methoxy groups -OCH3 is 1. The van der Waals surface area contributed by atoms with E-state index in [2.05, 4.69) is 29.4 Å². The van der Waals surface area contributed by atoms with Crippen LogP contribution in [-0.2, 0) is 16.1 Å². The van der Waals surface area contributed by atoms with E-state index in [0.717, 1.165) is 39.4 Å². The van der Waals surface area contributed by atoms with Crippen molar-refractivity contribution >= 4 is 40.0 Å². The lowest BCUT2D eigenvalue weighted by molar-refractivity contribution is -0.113. The van der Waals surface area contributed by atoms with E-state index >= 15 is 0 Å². The van der Waals surface area contributed by atoms with Gasteiger partial charge in [-0.1, -0.05) is 49.4 Å². The van der Waals surface area contributed by atoms with Crippen LogP contribution in [0.4, 0.5) is 5.00 Å². The number of carbonyl (C=O) groups is 2. The molecule has 0 aliphatic heterocycles. The average Bonchev–Trinajstić information content (AvgIpc) is 3.55. The summed E-state index contributed by atoms with van der Waals surface area (Å²) in [5.74, 6) is 1.36. The smallest absolute Gasteiger partial charge is 0.341 e. The zero-order valence-corrected chi connectivity index (χ0v) is 25.2. The molecular weight excluding hydrogens is 544 g/mol. The third kappa shape index (κ3) is 6.74. The molecule has 1 N–H and O–H groups in total. The van der Waals surface area contributed by atoms with Gasteiger partial charge in [0.1, 0.15) is 16.3 Å². The number of anilines is 1. The number of rotatable bonds is 11. The van der Waals surface area contributed by atoms with Crippen LogP contribution in [0, 0.1) is 19.8 Å². The van der Waals surface area contributed by atoms with Gasteiger partial charge in [0.05, 0.1) is 19.5 Å². The minimum Gasteiger partial charge on any atom is -0.493 e. The van der Waals surface area contributed by atoms with E-state index < -0.39 is 5.97 Å². The highest BCUT2D eigenvalue weighted by atomic mass is 32.2. The molecular formula is C30H34N4O4S2. The highest BCUT2D eigenvalue weighted by molar-refractivity contribution is 7.99. The molecule has 4 rings (SSSR count). The van der Waals surface area contributed by atoms with Crippen molar-refractivity contribution in [2.75, 3.05) is 24.8 Å². The number of carbonyl (C=O) groups excluding carboxylic acids is 2. The SMILES string of the molecule is CCn1c(SCC(=O)Nc2scc(-c3cc(C)ccc3C)c2C(=O)OC)nnc1-c1ccc(OCC(C)C)cc1. The van der Waals surface area contributed by atoms with E-state index in [9.17, 15) is 9.59 Å². The first kappa shape index (κ1) is 29.4. The second kappa shape index (κ2) is 13.1. The van der Waals surface area contributed by atoms with Crippen LogP contribution >= 0.6 is 23.1 Å². The number of thioether (sulfide) groups is 1. The summed E-state index contributed by atoms with van der Waals surface area (Å²) in [7, 11) is 1.34. The van der Waals surface area contributed by atoms with Crippen molar-refractivity contribution in [3.05, 3.63) is 64.5 Å². The van der Waals surface area contributed by atoms with Crippen molar-refractivity contribution < 1.29 is 19.1 Å². The van der Waals surface area contributed by atoms with Crippen LogP contribution < -0.4 is 10.1 Å². The number of esters is 1. The van der Waals surface area contributed by atoms with E-state index in [-0.39, 0.29) is 11.7 Å². The predicted molar refractivity (Wildman–Crippen MR) is 161 cm³/mol. The normalized spacial score (nSPS) is 11.1. The third-order valence-corrected chi connectivity index (χ3v) is 8.04. The molecule has 2 heterocycles. The van der Waals surface area contributed by atoms with Gasteiger partial charge in [-0.25, -0.2) is 4.79 Å². The number of hydrogen-bond donors (Lipinski definition) is 1. The van der Waals surface area contributed by atoms with Crippen LogP contribution in [0.15, 0.2) is 53.0 Å². The molecule has 1 amide bonds. The number of hydrogen-bond acceptors (Lipinski definition) is 8. The molecule has 0 atom stereocenters. The van der Waals surface area contributed by atoms with Crippen LogP contribution in [0.2, 0.25) is 0 Å². The zero-order chi connectivity index (χ0) is 28.8. The van der Waals surface area contributed by atoms with Gasteiger partial charge in [-0.15, -0.1) is 21.5 Å². The van der Waals surface area contributed by atoms with Gasteiger partial charge >= 0.3 is 5.97 Å². The molecule has 0 fully saturated rings. The Morgan fingerprint density at radius 1 is 1.07 bits per heavy atom. The molecule has 0 unspecified atom stereocenters. The van der Waals surface area contributed by atoms with Gasteiger partial charge < -0.3 is 19.4 Å². The Bertz CT molecular complexity index is 1490. The van der Waals surface area contributed by atoms with E-state index in [4.69, 9.17) is 9.47 Å². The van der Waals surface area contributed by atoms with Crippen molar-refractivity contribution in [3.63, 3.8) is 0 Å². The number of nitrogens with one attached hydrogen (secondary N) is 1. The maximum atomic E-state index is 13.0. The molecule has 0 saturated carbocycles. The predicted octanol–water partition coefficient (Wildman–Crippen LogP) is 6.86. The van der Waals surface area contributed by atoms with Crippen LogP contribution in [0.1, 0.15) is 42.3 Å². The van der Waals surface area contributed by atoms with Crippen LogP contribution in [0.3, 0.4) is 0 Å². The summed E-state index contributed by atoms with van der Waals surface area (Å²) in [6.45, 7) is 11.5. The Kier molecular flexibility index (Phi) is 9.65. The van der Waals surface area contributed by atoms with E-state index in [1.165, 1.54) is 30.2 Å². The lowest BCUT2D eigenvalue weighted by Gasteiger charge is -2.11. The third-order valence-electron chi connectivity index (χ3n) is 6.18. The van der Waals surface area contributed by atoms with Crippen molar-refractivity contribution in [1.29, 1.82) is 0 Å². The monoisotopic (exact) mass is 578 g/mol.